The highest BCUT2D eigenvalue weighted by Gasteiger charge is 2.16. The second-order valence-electron chi connectivity index (χ2n) is 4.02. The lowest BCUT2D eigenvalue weighted by Crippen LogP contribution is -2.14. The van der Waals surface area contributed by atoms with Crippen LogP contribution in [0, 0.1) is 0 Å². The lowest BCUT2D eigenvalue weighted by atomic mass is 9.99. The molecule has 0 aliphatic carbocycles. The minimum absolute atomic E-state index is 0.00796. The van der Waals surface area contributed by atoms with E-state index in [-0.39, 0.29) is 4.87 Å². The summed E-state index contributed by atoms with van der Waals surface area (Å²) >= 11 is 12.3. The number of halogens is 2. The molecule has 0 bridgehead atoms. The standard InChI is InChI=1S/C11H22Cl2/c1-4-10(12)8-6-7-9-11(3,13)5-2/h10H,4-9H2,1-3H3. The number of unbranched alkanes of at least 4 members (excludes halogenated alkanes) is 1. The van der Waals surface area contributed by atoms with E-state index in [1.165, 1.54) is 12.8 Å². The van der Waals surface area contributed by atoms with E-state index in [9.17, 15) is 0 Å². The first-order valence-electron chi connectivity index (χ1n) is 5.35. The zero-order valence-electron chi connectivity index (χ0n) is 9.08. The molecule has 2 heteroatoms. The monoisotopic (exact) mass is 224 g/mol. The summed E-state index contributed by atoms with van der Waals surface area (Å²) in [6.07, 6.45) is 6.79. The number of alkyl halides is 2. The summed E-state index contributed by atoms with van der Waals surface area (Å²) < 4.78 is 0. The van der Waals surface area contributed by atoms with Crippen molar-refractivity contribution in [2.45, 2.75) is 69.5 Å². The van der Waals surface area contributed by atoms with Crippen LogP contribution >= 0.6 is 23.2 Å². The molecule has 0 aliphatic heterocycles. The summed E-state index contributed by atoms with van der Waals surface area (Å²) in [6, 6.07) is 0. The van der Waals surface area contributed by atoms with Crippen LogP contribution in [0.3, 0.4) is 0 Å². The Labute approximate surface area is 93.0 Å². The van der Waals surface area contributed by atoms with E-state index in [0.29, 0.717) is 5.38 Å². The molecule has 0 spiro atoms. The van der Waals surface area contributed by atoms with Gasteiger partial charge in [0.15, 0.2) is 0 Å². The Bertz CT molecular complexity index is 121. The summed E-state index contributed by atoms with van der Waals surface area (Å²) in [4.78, 5) is 0.00796. The van der Waals surface area contributed by atoms with Crippen LogP contribution in [0.2, 0.25) is 0 Å². The molecule has 13 heavy (non-hydrogen) atoms. The van der Waals surface area contributed by atoms with Crippen molar-refractivity contribution in [2.75, 3.05) is 0 Å². The second kappa shape index (κ2) is 6.95. The SMILES string of the molecule is CCC(Cl)CCCCC(C)(Cl)CC. The first-order valence-corrected chi connectivity index (χ1v) is 6.16. The molecule has 0 heterocycles. The highest BCUT2D eigenvalue weighted by atomic mass is 35.5. The third-order valence-corrected chi connectivity index (χ3v) is 3.63. The first-order chi connectivity index (χ1) is 6.02. The van der Waals surface area contributed by atoms with Gasteiger partial charge in [-0.3, -0.25) is 0 Å². The molecule has 0 amide bonds. The molecule has 0 aromatic carbocycles. The Morgan fingerprint density at radius 1 is 1.23 bits per heavy atom. The van der Waals surface area contributed by atoms with Crippen molar-refractivity contribution in [3.05, 3.63) is 0 Å². The van der Waals surface area contributed by atoms with Gasteiger partial charge in [-0.2, -0.15) is 0 Å². The molecule has 0 saturated heterocycles. The fraction of sp³-hybridized carbons (Fsp3) is 1.00. The fourth-order valence-corrected chi connectivity index (χ4v) is 1.53. The topological polar surface area (TPSA) is 0 Å². The van der Waals surface area contributed by atoms with E-state index in [0.717, 1.165) is 25.7 Å². The minimum atomic E-state index is 0.00796. The second-order valence-corrected chi connectivity index (χ2v) is 5.55. The molecule has 0 aromatic heterocycles. The molecule has 0 radical (unpaired) electrons. The predicted molar refractivity (Wildman–Crippen MR) is 62.9 cm³/mol. The summed E-state index contributed by atoms with van der Waals surface area (Å²) in [7, 11) is 0. The fourth-order valence-electron chi connectivity index (χ4n) is 1.24. The van der Waals surface area contributed by atoms with Crippen molar-refractivity contribution in [3.8, 4) is 0 Å². The Hall–Kier alpha value is 0.580. The highest BCUT2D eigenvalue weighted by Crippen LogP contribution is 2.26. The van der Waals surface area contributed by atoms with E-state index in [4.69, 9.17) is 23.2 Å². The Morgan fingerprint density at radius 3 is 2.31 bits per heavy atom. The van der Waals surface area contributed by atoms with Gasteiger partial charge in [0.1, 0.15) is 0 Å². The lowest BCUT2D eigenvalue weighted by Gasteiger charge is -2.19. The maximum atomic E-state index is 6.24. The quantitative estimate of drug-likeness (QED) is 0.423. The lowest BCUT2D eigenvalue weighted by molar-refractivity contribution is 0.505. The summed E-state index contributed by atoms with van der Waals surface area (Å²) in [5.74, 6) is 0. The van der Waals surface area contributed by atoms with Crippen LogP contribution < -0.4 is 0 Å². The molecule has 0 rings (SSSR count). The molecular formula is C11H22Cl2. The number of hydrogen-bond donors (Lipinski definition) is 0. The van der Waals surface area contributed by atoms with E-state index in [1.54, 1.807) is 0 Å². The predicted octanol–water partition coefficient (Wildman–Crippen LogP) is 4.97. The van der Waals surface area contributed by atoms with Gasteiger partial charge >= 0.3 is 0 Å². The van der Waals surface area contributed by atoms with Gasteiger partial charge in [0.05, 0.1) is 0 Å². The van der Waals surface area contributed by atoms with Gasteiger partial charge in [-0.1, -0.05) is 26.7 Å². The van der Waals surface area contributed by atoms with Gasteiger partial charge < -0.3 is 0 Å². The highest BCUT2D eigenvalue weighted by molar-refractivity contribution is 6.23. The molecular weight excluding hydrogens is 203 g/mol. The Morgan fingerprint density at radius 2 is 1.85 bits per heavy atom. The van der Waals surface area contributed by atoms with Gasteiger partial charge in [0.2, 0.25) is 0 Å². The van der Waals surface area contributed by atoms with E-state index < -0.39 is 0 Å². The molecule has 0 aromatic rings. The zero-order chi connectivity index (χ0) is 10.3. The van der Waals surface area contributed by atoms with Gasteiger partial charge in [-0.05, 0) is 32.6 Å². The van der Waals surface area contributed by atoms with Crippen LogP contribution in [0.25, 0.3) is 0 Å². The van der Waals surface area contributed by atoms with Crippen LogP contribution in [0.5, 0.6) is 0 Å². The summed E-state index contributed by atoms with van der Waals surface area (Å²) in [5, 5.41) is 0.364. The maximum Gasteiger partial charge on any atom is 0.0416 e. The van der Waals surface area contributed by atoms with E-state index >= 15 is 0 Å². The van der Waals surface area contributed by atoms with Crippen LogP contribution in [-0.2, 0) is 0 Å². The van der Waals surface area contributed by atoms with Crippen LogP contribution in [0.4, 0.5) is 0 Å². The van der Waals surface area contributed by atoms with Crippen molar-refractivity contribution in [1.29, 1.82) is 0 Å². The summed E-state index contributed by atoms with van der Waals surface area (Å²) in [5.41, 5.74) is 0. The van der Waals surface area contributed by atoms with Crippen LogP contribution in [0.1, 0.15) is 59.3 Å². The van der Waals surface area contributed by atoms with Gasteiger partial charge in [-0.15, -0.1) is 23.2 Å². The van der Waals surface area contributed by atoms with Crippen molar-refractivity contribution in [1.82, 2.24) is 0 Å². The van der Waals surface area contributed by atoms with Gasteiger partial charge in [0.25, 0.3) is 0 Å². The minimum Gasteiger partial charge on any atom is -0.123 e. The molecule has 80 valence electrons. The van der Waals surface area contributed by atoms with E-state index in [1.807, 2.05) is 0 Å². The zero-order valence-corrected chi connectivity index (χ0v) is 10.6. The molecule has 0 N–H and O–H groups in total. The Balaban J connectivity index is 3.35. The average Bonchev–Trinajstić information content (AvgIpc) is 2.12. The van der Waals surface area contributed by atoms with E-state index in [2.05, 4.69) is 20.8 Å². The first kappa shape index (κ1) is 13.6. The van der Waals surface area contributed by atoms with Crippen molar-refractivity contribution < 1.29 is 0 Å². The van der Waals surface area contributed by atoms with Crippen molar-refractivity contribution in [2.24, 2.45) is 0 Å². The normalized spacial score (nSPS) is 18.2. The Kier molecular flexibility index (Phi) is 7.26. The van der Waals surface area contributed by atoms with Crippen LogP contribution in [0.15, 0.2) is 0 Å². The third-order valence-electron chi connectivity index (χ3n) is 2.65. The molecule has 0 saturated carbocycles. The maximum absolute atomic E-state index is 6.24. The smallest absolute Gasteiger partial charge is 0.0416 e. The number of hydrogen-bond acceptors (Lipinski definition) is 0. The van der Waals surface area contributed by atoms with Crippen molar-refractivity contribution in [3.63, 3.8) is 0 Å². The van der Waals surface area contributed by atoms with Crippen molar-refractivity contribution >= 4 is 23.2 Å². The van der Waals surface area contributed by atoms with Gasteiger partial charge in [0, 0.05) is 10.3 Å². The van der Waals surface area contributed by atoms with Gasteiger partial charge in [-0.25, -0.2) is 0 Å². The van der Waals surface area contributed by atoms with Crippen LogP contribution in [-0.4, -0.2) is 10.3 Å². The number of rotatable bonds is 7. The summed E-state index contributed by atoms with van der Waals surface area (Å²) in [6.45, 7) is 6.39. The molecule has 0 aliphatic rings. The average molecular weight is 225 g/mol. The molecule has 2 unspecified atom stereocenters. The molecule has 2 atom stereocenters. The third kappa shape index (κ3) is 7.64. The largest absolute Gasteiger partial charge is 0.123 e. The molecule has 0 fully saturated rings. The molecule has 0 nitrogen and oxygen atoms in total.